The summed E-state index contributed by atoms with van der Waals surface area (Å²) in [7, 11) is 0. The Balaban J connectivity index is 1.92. The predicted molar refractivity (Wildman–Crippen MR) is 120 cm³/mol. The van der Waals surface area contributed by atoms with Crippen LogP contribution in [0.25, 0.3) is 11.1 Å². The van der Waals surface area contributed by atoms with Gasteiger partial charge in [-0.1, -0.05) is 62.6 Å². The molecule has 0 radical (unpaired) electrons. The molecule has 0 spiro atoms. The number of aromatic carboxylic acids is 1. The van der Waals surface area contributed by atoms with Crippen LogP contribution in [0.1, 0.15) is 54.0 Å². The van der Waals surface area contributed by atoms with E-state index < -0.39 is 5.97 Å². The topological polar surface area (TPSA) is 59.4 Å². The minimum Gasteiger partial charge on any atom is -0.487 e. The lowest BCUT2D eigenvalue weighted by atomic mass is 9.98. The summed E-state index contributed by atoms with van der Waals surface area (Å²) >= 11 is 6.01. The number of benzene rings is 2. The van der Waals surface area contributed by atoms with Crippen LogP contribution in [0.5, 0.6) is 5.75 Å². The smallest absolute Gasteiger partial charge is 0.337 e. The van der Waals surface area contributed by atoms with Crippen molar-refractivity contribution in [2.75, 3.05) is 0 Å². The molecule has 0 atom stereocenters. The second kappa shape index (κ2) is 10.3. The highest BCUT2D eigenvalue weighted by Crippen LogP contribution is 2.28. The lowest BCUT2D eigenvalue weighted by Crippen LogP contribution is -2.11. The van der Waals surface area contributed by atoms with E-state index in [2.05, 4.69) is 13.8 Å². The molecule has 0 fully saturated rings. The lowest BCUT2D eigenvalue weighted by molar-refractivity contribution is 0.0693. The van der Waals surface area contributed by atoms with E-state index in [-0.39, 0.29) is 12.2 Å². The number of aromatic nitrogens is 1. The van der Waals surface area contributed by atoms with Crippen molar-refractivity contribution < 1.29 is 14.6 Å². The Bertz CT molecular complexity index is 998. The molecule has 0 unspecified atom stereocenters. The van der Waals surface area contributed by atoms with Gasteiger partial charge in [0, 0.05) is 16.3 Å². The zero-order valence-electron chi connectivity index (χ0n) is 17.3. The van der Waals surface area contributed by atoms with Crippen molar-refractivity contribution in [1.29, 1.82) is 0 Å². The number of carboxylic acids is 1. The van der Waals surface area contributed by atoms with Crippen LogP contribution in [0, 0.1) is 0 Å². The van der Waals surface area contributed by atoms with E-state index in [1.165, 1.54) is 5.56 Å². The maximum Gasteiger partial charge on any atom is 0.337 e. The van der Waals surface area contributed by atoms with Gasteiger partial charge in [-0.3, -0.25) is 4.98 Å². The van der Waals surface area contributed by atoms with Crippen LogP contribution in [-0.2, 0) is 19.4 Å². The molecule has 0 saturated carbocycles. The molecule has 4 nitrogen and oxygen atoms in total. The minimum absolute atomic E-state index is 0.104. The Morgan fingerprint density at radius 1 is 0.967 bits per heavy atom. The standard InChI is InChI=1S/C25H26ClNO3/c1-3-5-17-7-13-20(14-8-17)30-16-24-22(25(28)29)15-21(23(27-24)6-4-2)18-9-11-19(26)12-10-18/h7-15H,3-6,16H2,1-2H3,(H,28,29). The second-order valence-electron chi connectivity index (χ2n) is 7.22. The van der Waals surface area contributed by atoms with Gasteiger partial charge in [0.1, 0.15) is 12.4 Å². The molecule has 0 aliphatic rings. The number of carbonyl (C=O) groups is 1. The third kappa shape index (κ3) is 5.39. The van der Waals surface area contributed by atoms with Crippen LogP contribution in [0.4, 0.5) is 0 Å². The molecule has 1 N–H and O–H groups in total. The SMILES string of the molecule is CCCc1ccc(OCc2nc(CCC)c(-c3ccc(Cl)cc3)cc2C(=O)O)cc1. The van der Waals surface area contributed by atoms with E-state index in [0.29, 0.717) is 16.5 Å². The van der Waals surface area contributed by atoms with Gasteiger partial charge < -0.3 is 9.84 Å². The summed E-state index contributed by atoms with van der Waals surface area (Å²) in [5.41, 5.74) is 4.42. The van der Waals surface area contributed by atoms with Crippen LogP contribution in [0.2, 0.25) is 5.02 Å². The number of halogens is 1. The average Bonchev–Trinajstić information content (AvgIpc) is 2.74. The van der Waals surface area contributed by atoms with E-state index in [1.807, 2.05) is 36.4 Å². The first-order chi connectivity index (χ1) is 14.5. The van der Waals surface area contributed by atoms with Crippen LogP contribution in [-0.4, -0.2) is 16.1 Å². The largest absolute Gasteiger partial charge is 0.487 e. The summed E-state index contributed by atoms with van der Waals surface area (Å²) in [6.07, 6.45) is 3.76. The van der Waals surface area contributed by atoms with Crippen LogP contribution in [0.3, 0.4) is 0 Å². The quantitative estimate of drug-likeness (QED) is 0.422. The molecule has 1 aromatic heterocycles. The van der Waals surface area contributed by atoms with E-state index in [4.69, 9.17) is 21.3 Å². The van der Waals surface area contributed by atoms with Gasteiger partial charge in [-0.05, 0) is 54.3 Å². The number of carboxylic acid groups (broad SMARTS) is 1. The fraction of sp³-hybridized carbons (Fsp3) is 0.280. The van der Waals surface area contributed by atoms with E-state index >= 15 is 0 Å². The van der Waals surface area contributed by atoms with Crippen molar-refractivity contribution in [3.05, 3.63) is 82.1 Å². The monoisotopic (exact) mass is 423 g/mol. The van der Waals surface area contributed by atoms with Gasteiger partial charge in [0.15, 0.2) is 0 Å². The van der Waals surface area contributed by atoms with Crippen LogP contribution < -0.4 is 4.74 Å². The molecule has 1 heterocycles. The molecule has 0 amide bonds. The van der Waals surface area contributed by atoms with Crippen molar-refractivity contribution in [1.82, 2.24) is 4.98 Å². The Labute approximate surface area is 182 Å². The Hall–Kier alpha value is -2.85. The Morgan fingerprint density at radius 2 is 1.63 bits per heavy atom. The van der Waals surface area contributed by atoms with Crippen LogP contribution in [0.15, 0.2) is 54.6 Å². The summed E-state index contributed by atoms with van der Waals surface area (Å²) in [6.45, 7) is 4.32. The molecule has 0 saturated heterocycles. The molecular formula is C25H26ClNO3. The van der Waals surface area contributed by atoms with Crippen molar-refractivity contribution >= 4 is 17.6 Å². The first-order valence-electron chi connectivity index (χ1n) is 10.3. The summed E-state index contributed by atoms with van der Waals surface area (Å²) < 4.78 is 5.87. The van der Waals surface area contributed by atoms with Crippen molar-refractivity contribution in [2.24, 2.45) is 0 Å². The van der Waals surface area contributed by atoms with Gasteiger partial charge in [0.25, 0.3) is 0 Å². The third-order valence-corrected chi connectivity index (χ3v) is 5.14. The molecule has 3 aromatic rings. The predicted octanol–water partition coefficient (Wildman–Crippen LogP) is 6.58. The number of aryl methyl sites for hydroxylation is 2. The first-order valence-corrected chi connectivity index (χ1v) is 10.6. The van der Waals surface area contributed by atoms with Gasteiger partial charge in [-0.2, -0.15) is 0 Å². The summed E-state index contributed by atoms with van der Waals surface area (Å²) in [4.78, 5) is 16.6. The first kappa shape index (κ1) is 21.8. The molecular weight excluding hydrogens is 398 g/mol. The van der Waals surface area contributed by atoms with Gasteiger partial charge >= 0.3 is 5.97 Å². The number of rotatable bonds is 9. The average molecular weight is 424 g/mol. The molecule has 156 valence electrons. The summed E-state index contributed by atoms with van der Waals surface area (Å²) in [6, 6.07) is 17.0. The fourth-order valence-corrected chi connectivity index (χ4v) is 3.51. The zero-order valence-corrected chi connectivity index (χ0v) is 18.1. The van der Waals surface area contributed by atoms with Crippen LogP contribution >= 0.6 is 11.6 Å². The van der Waals surface area contributed by atoms with Gasteiger partial charge in [0.2, 0.25) is 0 Å². The molecule has 0 aliphatic carbocycles. The van der Waals surface area contributed by atoms with Gasteiger partial charge in [-0.15, -0.1) is 0 Å². The highest BCUT2D eigenvalue weighted by atomic mass is 35.5. The Kier molecular flexibility index (Phi) is 7.47. The number of hydrogen-bond acceptors (Lipinski definition) is 3. The third-order valence-electron chi connectivity index (χ3n) is 4.89. The molecule has 5 heteroatoms. The fourth-order valence-electron chi connectivity index (χ4n) is 3.39. The maximum absolute atomic E-state index is 11.9. The molecule has 3 rings (SSSR count). The van der Waals surface area contributed by atoms with E-state index in [9.17, 15) is 9.90 Å². The highest BCUT2D eigenvalue weighted by Gasteiger charge is 2.18. The van der Waals surface area contributed by atoms with Crippen molar-refractivity contribution in [3.63, 3.8) is 0 Å². The minimum atomic E-state index is -1.02. The van der Waals surface area contributed by atoms with Gasteiger partial charge in [-0.25, -0.2) is 4.79 Å². The zero-order chi connectivity index (χ0) is 21.5. The second-order valence-corrected chi connectivity index (χ2v) is 7.66. The number of ether oxygens (including phenoxy) is 1. The summed E-state index contributed by atoms with van der Waals surface area (Å²) in [5, 5.41) is 10.4. The van der Waals surface area contributed by atoms with Crippen molar-refractivity contribution in [2.45, 2.75) is 46.1 Å². The number of hydrogen-bond donors (Lipinski definition) is 1. The summed E-state index contributed by atoms with van der Waals surface area (Å²) in [5.74, 6) is -0.315. The molecule has 30 heavy (non-hydrogen) atoms. The number of nitrogens with zero attached hydrogens (tertiary/aromatic N) is 1. The van der Waals surface area contributed by atoms with E-state index in [1.54, 1.807) is 18.2 Å². The highest BCUT2D eigenvalue weighted by molar-refractivity contribution is 6.30. The normalized spacial score (nSPS) is 10.8. The molecule has 0 aliphatic heterocycles. The maximum atomic E-state index is 11.9. The van der Waals surface area contributed by atoms with Gasteiger partial charge in [0.05, 0.1) is 11.3 Å². The number of pyridine rings is 1. The molecule has 0 bridgehead atoms. The Morgan fingerprint density at radius 3 is 2.23 bits per heavy atom. The van der Waals surface area contributed by atoms with E-state index in [0.717, 1.165) is 42.5 Å². The molecule has 2 aromatic carbocycles. The van der Waals surface area contributed by atoms with Crippen molar-refractivity contribution in [3.8, 4) is 16.9 Å². The lowest BCUT2D eigenvalue weighted by Gasteiger charge is -2.15.